The number of benzene rings is 2. The average molecular weight is 391 g/mol. The quantitative estimate of drug-likeness (QED) is 0.395. The van der Waals surface area contributed by atoms with Crippen molar-refractivity contribution in [3.63, 3.8) is 0 Å². The maximum atomic E-state index is 14.3. The standard InChI is InChI=1S/C17H11F6NOS/c18-5-1-2-9-3-4-13-14(6-9)26-16(24-13)17(22,23)25-10-7-11(19)15(21)12(20)8-10/h3-4,6-8H,1-2,5H2. The molecule has 0 aliphatic rings. The minimum absolute atomic E-state index is 0.286. The lowest BCUT2D eigenvalue weighted by molar-refractivity contribution is -0.185. The van der Waals surface area contributed by atoms with Crippen LogP contribution in [0.4, 0.5) is 26.3 Å². The minimum Gasteiger partial charge on any atom is -0.427 e. The summed E-state index contributed by atoms with van der Waals surface area (Å²) in [6.07, 6.45) is -3.20. The topological polar surface area (TPSA) is 22.1 Å². The number of hydrogen-bond acceptors (Lipinski definition) is 3. The van der Waals surface area contributed by atoms with E-state index in [0.29, 0.717) is 41.0 Å². The molecule has 0 radical (unpaired) electrons. The number of hydrogen-bond donors (Lipinski definition) is 0. The van der Waals surface area contributed by atoms with E-state index in [1.807, 2.05) is 0 Å². The molecule has 3 aromatic rings. The molecule has 0 spiro atoms. The Balaban J connectivity index is 1.88. The van der Waals surface area contributed by atoms with Crippen LogP contribution in [0.3, 0.4) is 0 Å². The van der Waals surface area contributed by atoms with Crippen LogP contribution >= 0.6 is 11.3 Å². The van der Waals surface area contributed by atoms with Gasteiger partial charge in [0, 0.05) is 12.1 Å². The largest absolute Gasteiger partial charge is 0.454 e. The van der Waals surface area contributed by atoms with Crippen LogP contribution in [0.25, 0.3) is 10.2 Å². The highest BCUT2D eigenvalue weighted by Gasteiger charge is 2.39. The Morgan fingerprint density at radius 1 is 1.04 bits per heavy atom. The number of ether oxygens (including phenoxy) is 1. The number of alkyl halides is 3. The van der Waals surface area contributed by atoms with Gasteiger partial charge in [0.15, 0.2) is 17.5 Å². The summed E-state index contributed by atoms with van der Waals surface area (Å²) in [5.41, 5.74) is 1.06. The predicted molar refractivity (Wildman–Crippen MR) is 84.8 cm³/mol. The van der Waals surface area contributed by atoms with Crippen molar-refractivity contribution in [2.75, 3.05) is 6.67 Å². The van der Waals surface area contributed by atoms with Crippen LogP contribution in [0.1, 0.15) is 17.0 Å². The Morgan fingerprint density at radius 2 is 1.73 bits per heavy atom. The van der Waals surface area contributed by atoms with Gasteiger partial charge in [-0.3, -0.25) is 4.39 Å². The van der Waals surface area contributed by atoms with Crippen LogP contribution in [0, 0.1) is 17.5 Å². The summed E-state index contributed by atoms with van der Waals surface area (Å²) in [6.45, 7) is -0.483. The number of rotatable bonds is 6. The molecule has 0 aliphatic heterocycles. The van der Waals surface area contributed by atoms with Crippen molar-refractivity contribution < 1.29 is 31.1 Å². The zero-order valence-electron chi connectivity index (χ0n) is 13.0. The molecule has 1 aromatic heterocycles. The summed E-state index contributed by atoms with van der Waals surface area (Å²) < 4.78 is 84.8. The van der Waals surface area contributed by atoms with Crippen LogP contribution in [0.2, 0.25) is 0 Å². The number of halogens is 6. The zero-order valence-corrected chi connectivity index (χ0v) is 13.9. The van der Waals surface area contributed by atoms with Gasteiger partial charge in [-0.25, -0.2) is 18.2 Å². The summed E-state index contributed by atoms with van der Waals surface area (Å²) in [7, 11) is 0. The van der Waals surface area contributed by atoms with E-state index >= 15 is 0 Å². The Morgan fingerprint density at radius 3 is 2.38 bits per heavy atom. The SMILES string of the molecule is FCCCc1ccc2nc(C(F)(F)Oc3cc(F)c(F)c(F)c3)sc2c1. The predicted octanol–water partition coefficient (Wildman–Crippen LogP) is 5.74. The molecule has 0 unspecified atom stereocenters. The van der Waals surface area contributed by atoms with E-state index in [0.717, 1.165) is 5.56 Å². The van der Waals surface area contributed by atoms with Crippen molar-refractivity contribution in [3.05, 3.63) is 58.4 Å². The highest BCUT2D eigenvalue weighted by Crippen LogP contribution is 2.37. The third kappa shape index (κ3) is 3.77. The number of thiazole rings is 1. The summed E-state index contributed by atoms with van der Waals surface area (Å²) >= 11 is 0.641. The van der Waals surface area contributed by atoms with Crippen LogP contribution in [0.5, 0.6) is 5.75 Å². The van der Waals surface area contributed by atoms with Gasteiger partial charge in [0.05, 0.1) is 16.9 Å². The fourth-order valence-corrected chi connectivity index (χ4v) is 3.24. The molecule has 0 atom stereocenters. The fourth-order valence-electron chi connectivity index (χ4n) is 2.30. The molecule has 0 saturated carbocycles. The van der Waals surface area contributed by atoms with Crippen molar-refractivity contribution in [2.24, 2.45) is 0 Å². The third-order valence-corrected chi connectivity index (χ3v) is 4.57. The second kappa shape index (κ2) is 7.14. The lowest BCUT2D eigenvalue weighted by Crippen LogP contribution is -2.21. The molecule has 0 aliphatic carbocycles. The van der Waals surface area contributed by atoms with Gasteiger partial charge in [0.1, 0.15) is 5.75 Å². The van der Waals surface area contributed by atoms with Crippen molar-refractivity contribution in [2.45, 2.75) is 19.0 Å². The Bertz CT molecular complexity index is 919. The average Bonchev–Trinajstić information content (AvgIpc) is 3.01. The van der Waals surface area contributed by atoms with E-state index in [-0.39, 0.29) is 5.52 Å². The summed E-state index contributed by atoms with van der Waals surface area (Å²) in [6, 6.07) is 5.46. The first kappa shape index (κ1) is 18.5. The van der Waals surface area contributed by atoms with Gasteiger partial charge < -0.3 is 4.74 Å². The van der Waals surface area contributed by atoms with E-state index in [1.165, 1.54) is 6.07 Å². The van der Waals surface area contributed by atoms with E-state index in [1.54, 1.807) is 12.1 Å². The maximum Gasteiger partial charge on any atom is 0.454 e. The molecule has 0 bridgehead atoms. The molecule has 26 heavy (non-hydrogen) atoms. The minimum atomic E-state index is -3.97. The third-order valence-electron chi connectivity index (χ3n) is 3.50. The van der Waals surface area contributed by atoms with Gasteiger partial charge in [-0.05, 0) is 30.5 Å². The monoisotopic (exact) mass is 391 g/mol. The zero-order chi connectivity index (χ0) is 18.9. The molecule has 2 nitrogen and oxygen atoms in total. The summed E-state index contributed by atoms with van der Waals surface area (Å²) in [5.74, 6) is -5.93. The maximum absolute atomic E-state index is 14.3. The molecule has 1 heterocycles. The molecule has 0 fully saturated rings. The number of aryl methyl sites for hydroxylation is 1. The van der Waals surface area contributed by atoms with E-state index < -0.39 is 41.0 Å². The van der Waals surface area contributed by atoms with Crippen molar-refractivity contribution >= 4 is 21.6 Å². The summed E-state index contributed by atoms with van der Waals surface area (Å²) in [5, 5.41) is -0.722. The summed E-state index contributed by atoms with van der Waals surface area (Å²) in [4.78, 5) is 3.77. The van der Waals surface area contributed by atoms with Crippen LogP contribution in [0.15, 0.2) is 30.3 Å². The fraction of sp³-hybridized carbons (Fsp3) is 0.235. The molecule has 3 rings (SSSR count). The second-order valence-corrected chi connectivity index (χ2v) is 6.46. The first-order chi connectivity index (χ1) is 12.3. The molecule has 138 valence electrons. The van der Waals surface area contributed by atoms with E-state index in [2.05, 4.69) is 9.72 Å². The Labute approximate surface area is 148 Å². The van der Waals surface area contributed by atoms with E-state index in [4.69, 9.17) is 0 Å². The molecular weight excluding hydrogens is 380 g/mol. The highest BCUT2D eigenvalue weighted by atomic mass is 32.1. The van der Waals surface area contributed by atoms with Gasteiger partial charge in [0.2, 0.25) is 5.01 Å². The number of fused-ring (bicyclic) bond motifs is 1. The number of nitrogens with zero attached hydrogens (tertiary/aromatic N) is 1. The van der Waals surface area contributed by atoms with Crippen molar-refractivity contribution in [3.8, 4) is 5.75 Å². The van der Waals surface area contributed by atoms with Crippen LogP contribution in [-0.4, -0.2) is 11.7 Å². The van der Waals surface area contributed by atoms with E-state index in [9.17, 15) is 26.3 Å². The first-order valence-electron chi connectivity index (χ1n) is 7.47. The Hall–Kier alpha value is -2.29. The molecule has 2 aromatic carbocycles. The van der Waals surface area contributed by atoms with Crippen molar-refractivity contribution in [1.29, 1.82) is 0 Å². The highest BCUT2D eigenvalue weighted by molar-refractivity contribution is 7.18. The number of aromatic nitrogens is 1. The first-order valence-corrected chi connectivity index (χ1v) is 8.29. The smallest absolute Gasteiger partial charge is 0.427 e. The van der Waals surface area contributed by atoms with Gasteiger partial charge in [0.25, 0.3) is 0 Å². The second-order valence-electron chi connectivity index (χ2n) is 5.43. The molecule has 9 heteroatoms. The normalized spacial score (nSPS) is 11.9. The molecule has 0 saturated heterocycles. The van der Waals surface area contributed by atoms with Crippen LogP contribution in [-0.2, 0) is 12.5 Å². The lowest BCUT2D eigenvalue weighted by atomic mass is 10.1. The van der Waals surface area contributed by atoms with Crippen molar-refractivity contribution in [1.82, 2.24) is 4.98 Å². The molecule has 0 N–H and O–H groups in total. The molecular formula is C17H11F6NOS. The van der Waals surface area contributed by atoms with Gasteiger partial charge in [-0.2, -0.15) is 8.78 Å². The molecule has 0 amide bonds. The van der Waals surface area contributed by atoms with Gasteiger partial charge >= 0.3 is 6.11 Å². The van der Waals surface area contributed by atoms with Crippen LogP contribution < -0.4 is 4.74 Å². The van der Waals surface area contributed by atoms with Gasteiger partial charge in [-0.15, -0.1) is 11.3 Å². The van der Waals surface area contributed by atoms with Gasteiger partial charge in [-0.1, -0.05) is 6.07 Å². The Kier molecular flexibility index (Phi) is 5.08. The lowest BCUT2D eigenvalue weighted by Gasteiger charge is -2.15.